The van der Waals surface area contributed by atoms with E-state index in [0.29, 0.717) is 11.4 Å². The van der Waals surface area contributed by atoms with Gasteiger partial charge in [0.25, 0.3) is 0 Å². The number of rotatable bonds is 3. The molecule has 2 amide bonds. The zero-order valence-electron chi connectivity index (χ0n) is 11.0. The van der Waals surface area contributed by atoms with Crippen LogP contribution in [0.2, 0.25) is 0 Å². The molecule has 19 heavy (non-hydrogen) atoms. The van der Waals surface area contributed by atoms with Gasteiger partial charge in [-0.25, -0.2) is 0 Å². The third kappa shape index (κ3) is 4.06. The number of benzene rings is 1. The number of carbonyl (C=O) groups excluding carboxylic acids is 2. The molecule has 1 aliphatic heterocycles. The molecule has 1 unspecified atom stereocenters. The largest absolute Gasteiger partial charge is 0.326 e. The maximum absolute atomic E-state index is 12.0. The highest BCUT2D eigenvalue weighted by Crippen LogP contribution is 2.16. The summed E-state index contributed by atoms with van der Waals surface area (Å²) < 4.78 is 0. The average molecular weight is 261 g/mol. The van der Waals surface area contributed by atoms with E-state index in [4.69, 9.17) is 0 Å². The van der Waals surface area contributed by atoms with Gasteiger partial charge in [-0.05, 0) is 37.6 Å². The van der Waals surface area contributed by atoms with Crippen molar-refractivity contribution in [3.05, 3.63) is 24.3 Å². The number of hydrogen-bond acceptors (Lipinski definition) is 3. The van der Waals surface area contributed by atoms with Gasteiger partial charge in [-0.1, -0.05) is 12.5 Å². The SMILES string of the molecule is CC(=O)Nc1cccc(NC(=O)C2CCCCN2)c1. The van der Waals surface area contributed by atoms with E-state index in [2.05, 4.69) is 16.0 Å². The summed E-state index contributed by atoms with van der Waals surface area (Å²) in [5.41, 5.74) is 1.38. The maximum Gasteiger partial charge on any atom is 0.241 e. The van der Waals surface area contributed by atoms with E-state index >= 15 is 0 Å². The second kappa shape index (κ2) is 6.33. The number of piperidine rings is 1. The number of hydrogen-bond donors (Lipinski definition) is 3. The molecule has 0 saturated carbocycles. The molecule has 1 aromatic carbocycles. The van der Waals surface area contributed by atoms with Gasteiger partial charge in [0.05, 0.1) is 6.04 Å². The minimum atomic E-state index is -0.127. The van der Waals surface area contributed by atoms with E-state index in [9.17, 15) is 9.59 Å². The molecule has 0 radical (unpaired) electrons. The van der Waals surface area contributed by atoms with E-state index in [-0.39, 0.29) is 17.9 Å². The molecule has 0 bridgehead atoms. The number of carbonyl (C=O) groups is 2. The van der Waals surface area contributed by atoms with Crippen molar-refractivity contribution in [1.29, 1.82) is 0 Å². The molecule has 1 heterocycles. The molecule has 0 aromatic heterocycles. The second-order valence-electron chi connectivity index (χ2n) is 4.75. The van der Waals surface area contributed by atoms with Crippen LogP contribution in [0.3, 0.4) is 0 Å². The summed E-state index contributed by atoms with van der Waals surface area (Å²) in [6.45, 7) is 2.35. The van der Waals surface area contributed by atoms with Crippen molar-refractivity contribution in [2.24, 2.45) is 0 Å². The highest BCUT2D eigenvalue weighted by Gasteiger charge is 2.20. The lowest BCUT2D eigenvalue weighted by atomic mass is 10.0. The van der Waals surface area contributed by atoms with Crippen molar-refractivity contribution in [3.63, 3.8) is 0 Å². The van der Waals surface area contributed by atoms with E-state index in [0.717, 1.165) is 25.8 Å². The zero-order valence-corrected chi connectivity index (χ0v) is 11.0. The smallest absolute Gasteiger partial charge is 0.241 e. The molecule has 3 N–H and O–H groups in total. The number of amides is 2. The Kier molecular flexibility index (Phi) is 4.52. The van der Waals surface area contributed by atoms with E-state index in [1.165, 1.54) is 6.92 Å². The van der Waals surface area contributed by atoms with Crippen LogP contribution in [0.1, 0.15) is 26.2 Å². The van der Waals surface area contributed by atoms with Crippen LogP contribution in [0.4, 0.5) is 11.4 Å². The highest BCUT2D eigenvalue weighted by atomic mass is 16.2. The molecule has 0 spiro atoms. The van der Waals surface area contributed by atoms with Gasteiger partial charge >= 0.3 is 0 Å². The summed E-state index contributed by atoms with van der Waals surface area (Å²) >= 11 is 0. The van der Waals surface area contributed by atoms with Crippen LogP contribution in [-0.4, -0.2) is 24.4 Å². The van der Waals surface area contributed by atoms with E-state index in [1.807, 2.05) is 6.07 Å². The Labute approximate surface area is 112 Å². The third-order valence-electron chi connectivity index (χ3n) is 3.08. The summed E-state index contributed by atoms with van der Waals surface area (Å²) in [6, 6.07) is 7.04. The molecule has 1 aromatic rings. The average Bonchev–Trinajstić information content (AvgIpc) is 2.39. The number of nitrogens with one attached hydrogen (secondary N) is 3. The van der Waals surface area contributed by atoms with Crippen molar-refractivity contribution in [2.75, 3.05) is 17.2 Å². The second-order valence-corrected chi connectivity index (χ2v) is 4.75. The van der Waals surface area contributed by atoms with Crippen LogP contribution in [-0.2, 0) is 9.59 Å². The predicted molar refractivity (Wildman–Crippen MR) is 75.0 cm³/mol. The predicted octanol–water partition coefficient (Wildman–Crippen LogP) is 1.73. The van der Waals surface area contributed by atoms with Gasteiger partial charge in [0.2, 0.25) is 11.8 Å². The first kappa shape index (κ1) is 13.5. The minimum Gasteiger partial charge on any atom is -0.326 e. The van der Waals surface area contributed by atoms with Crippen molar-refractivity contribution >= 4 is 23.2 Å². The lowest BCUT2D eigenvalue weighted by Gasteiger charge is -2.22. The Morgan fingerprint density at radius 2 is 1.95 bits per heavy atom. The lowest BCUT2D eigenvalue weighted by Crippen LogP contribution is -2.43. The zero-order chi connectivity index (χ0) is 13.7. The normalized spacial score (nSPS) is 18.7. The Morgan fingerprint density at radius 1 is 1.21 bits per heavy atom. The summed E-state index contributed by atoms with van der Waals surface area (Å²) in [4.78, 5) is 23.0. The van der Waals surface area contributed by atoms with Crippen molar-refractivity contribution in [1.82, 2.24) is 5.32 Å². The number of anilines is 2. The summed E-state index contributed by atoms with van der Waals surface area (Å²) in [7, 11) is 0. The van der Waals surface area contributed by atoms with Gasteiger partial charge in [-0.2, -0.15) is 0 Å². The summed E-state index contributed by atoms with van der Waals surface area (Å²) in [5.74, 6) is -0.142. The molecule has 0 aliphatic carbocycles. The van der Waals surface area contributed by atoms with Crippen LogP contribution in [0.5, 0.6) is 0 Å². The van der Waals surface area contributed by atoms with Crippen LogP contribution >= 0.6 is 0 Å². The molecule has 2 rings (SSSR count). The van der Waals surface area contributed by atoms with Crippen molar-refractivity contribution in [3.8, 4) is 0 Å². The first-order chi connectivity index (χ1) is 9.15. The topological polar surface area (TPSA) is 70.2 Å². The summed E-state index contributed by atoms with van der Waals surface area (Å²) in [5, 5.41) is 8.77. The Bertz CT molecular complexity index is 468. The van der Waals surface area contributed by atoms with Crippen LogP contribution in [0, 0.1) is 0 Å². The highest BCUT2D eigenvalue weighted by molar-refractivity contribution is 5.96. The van der Waals surface area contributed by atoms with Gasteiger partial charge in [0.1, 0.15) is 0 Å². The van der Waals surface area contributed by atoms with Crippen LogP contribution < -0.4 is 16.0 Å². The van der Waals surface area contributed by atoms with Gasteiger partial charge in [0, 0.05) is 18.3 Å². The van der Waals surface area contributed by atoms with E-state index in [1.54, 1.807) is 18.2 Å². The van der Waals surface area contributed by atoms with Crippen LogP contribution in [0.25, 0.3) is 0 Å². The third-order valence-corrected chi connectivity index (χ3v) is 3.08. The fourth-order valence-electron chi connectivity index (χ4n) is 2.18. The van der Waals surface area contributed by atoms with Gasteiger partial charge in [-0.3, -0.25) is 9.59 Å². The Morgan fingerprint density at radius 3 is 2.58 bits per heavy atom. The molecule has 1 fully saturated rings. The molecule has 5 heteroatoms. The quantitative estimate of drug-likeness (QED) is 0.776. The summed E-state index contributed by atoms with van der Waals surface area (Å²) in [6.07, 6.45) is 3.08. The first-order valence-electron chi connectivity index (χ1n) is 6.57. The molecule has 1 saturated heterocycles. The standard InChI is InChI=1S/C14H19N3O2/c1-10(18)16-11-5-4-6-12(9-11)17-14(19)13-7-2-3-8-15-13/h4-6,9,13,15H,2-3,7-8H2,1H3,(H,16,18)(H,17,19). The van der Waals surface area contributed by atoms with Crippen molar-refractivity contribution in [2.45, 2.75) is 32.2 Å². The maximum atomic E-state index is 12.0. The lowest BCUT2D eigenvalue weighted by molar-refractivity contribution is -0.118. The molecular weight excluding hydrogens is 242 g/mol. The van der Waals surface area contributed by atoms with Crippen molar-refractivity contribution < 1.29 is 9.59 Å². The molecule has 102 valence electrons. The van der Waals surface area contributed by atoms with E-state index < -0.39 is 0 Å². The minimum absolute atomic E-state index is 0.0142. The monoisotopic (exact) mass is 261 g/mol. The molecule has 1 atom stereocenters. The molecular formula is C14H19N3O2. The van der Waals surface area contributed by atoms with Gasteiger partial charge in [-0.15, -0.1) is 0 Å². The van der Waals surface area contributed by atoms with Gasteiger partial charge < -0.3 is 16.0 Å². The van der Waals surface area contributed by atoms with Gasteiger partial charge in [0.15, 0.2) is 0 Å². The molecule has 5 nitrogen and oxygen atoms in total. The Balaban J connectivity index is 1.97. The Hall–Kier alpha value is -1.88. The fourth-order valence-corrected chi connectivity index (χ4v) is 2.18. The molecule has 1 aliphatic rings. The fraction of sp³-hybridized carbons (Fsp3) is 0.429. The first-order valence-corrected chi connectivity index (χ1v) is 6.57. The van der Waals surface area contributed by atoms with Crippen LogP contribution in [0.15, 0.2) is 24.3 Å².